The number of aliphatic hydroxyl groups excluding tert-OH is 1. The summed E-state index contributed by atoms with van der Waals surface area (Å²) in [7, 11) is 0. The third-order valence-electron chi connectivity index (χ3n) is 1.97. The Kier molecular flexibility index (Phi) is 4.92. The van der Waals surface area contributed by atoms with Gasteiger partial charge in [-0.25, -0.2) is 4.98 Å². The Labute approximate surface area is 106 Å². The van der Waals surface area contributed by atoms with Gasteiger partial charge in [-0.1, -0.05) is 11.6 Å². The Morgan fingerprint density at radius 3 is 2.56 bits per heavy atom. The number of halogens is 4. The van der Waals surface area contributed by atoms with E-state index in [4.69, 9.17) is 16.7 Å². The maximum atomic E-state index is 12.3. The predicted octanol–water partition coefficient (Wildman–Crippen LogP) is 1.73. The molecule has 0 radical (unpaired) electrons. The van der Waals surface area contributed by atoms with Gasteiger partial charge in [-0.2, -0.15) is 13.2 Å². The molecule has 0 aliphatic rings. The molecule has 0 saturated heterocycles. The normalized spacial score (nSPS) is 11.4. The fourth-order valence-electron chi connectivity index (χ4n) is 1.25. The van der Waals surface area contributed by atoms with Gasteiger partial charge < -0.3 is 10.0 Å². The molecule has 0 unspecified atom stereocenters. The molecule has 0 saturated carbocycles. The summed E-state index contributed by atoms with van der Waals surface area (Å²) in [5.41, 5.74) is -0.155. The average molecular weight is 283 g/mol. The van der Waals surface area contributed by atoms with Gasteiger partial charge in [-0.05, 0) is 12.1 Å². The van der Waals surface area contributed by atoms with Crippen LogP contribution >= 0.6 is 11.6 Å². The zero-order chi connectivity index (χ0) is 13.8. The van der Waals surface area contributed by atoms with E-state index in [-0.39, 0.29) is 10.7 Å². The highest BCUT2D eigenvalue weighted by molar-refractivity contribution is 6.30. The van der Waals surface area contributed by atoms with E-state index in [0.29, 0.717) is 4.90 Å². The van der Waals surface area contributed by atoms with Crippen LogP contribution in [-0.2, 0) is 0 Å². The molecule has 0 atom stereocenters. The van der Waals surface area contributed by atoms with Crippen LogP contribution in [0.15, 0.2) is 18.3 Å². The molecule has 18 heavy (non-hydrogen) atoms. The topological polar surface area (TPSA) is 53.4 Å². The Bertz CT molecular complexity index is 409. The number of nitrogens with zero attached hydrogens (tertiary/aromatic N) is 2. The van der Waals surface area contributed by atoms with E-state index < -0.39 is 31.8 Å². The lowest BCUT2D eigenvalue weighted by Crippen LogP contribution is -2.41. The maximum absolute atomic E-state index is 12.3. The number of aliphatic hydroxyl groups is 1. The van der Waals surface area contributed by atoms with Crippen LogP contribution in [0.25, 0.3) is 0 Å². The van der Waals surface area contributed by atoms with Gasteiger partial charge in [-0.3, -0.25) is 4.79 Å². The molecule has 4 nitrogen and oxygen atoms in total. The second-order valence-corrected chi connectivity index (χ2v) is 3.86. The number of carbonyl (C=O) groups is 1. The van der Waals surface area contributed by atoms with E-state index in [2.05, 4.69) is 4.98 Å². The Balaban J connectivity index is 2.85. The van der Waals surface area contributed by atoms with Crippen molar-refractivity contribution in [2.24, 2.45) is 0 Å². The molecule has 0 spiro atoms. The number of alkyl halides is 3. The lowest BCUT2D eigenvalue weighted by molar-refractivity contribution is -0.141. The third kappa shape index (κ3) is 4.50. The number of rotatable bonds is 4. The molecule has 0 aliphatic carbocycles. The molecule has 1 N–H and O–H groups in total. The van der Waals surface area contributed by atoms with E-state index in [1.165, 1.54) is 18.3 Å². The molecular weight excluding hydrogens is 273 g/mol. The second kappa shape index (κ2) is 6.01. The molecule has 1 aromatic rings. The highest BCUT2D eigenvalue weighted by Crippen LogP contribution is 2.18. The van der Waals surface area contributed by atoms with Crippen LogP contribution < -0.4 is 0 Å². The molecule has 0 aliphatic heterocycles. The summed E-state index contributed by atoms with van der Waals surface area (Å²) in [5.74, 6) is -0.905. The quantitative estimate of drug-likeness (QED) is 0.915. The standard InChI is InChI=1S/C10H10ClF3N2O2/c11-7-1-2-8(15-5-7)9(18)16(3-4-17)6-10(12,13)14/h1-2,5,17H,3-4,6H2. The fraction of sp³-hybridized carbons (Fsp3) is 0.400. The van der Waals surface area contributed by atoms with Crippen LogP contribution in [-0.4, -0.2) is 46.8 Å². The van der Waals surface area contributed by atoms with Crippen molar-refractivity contribution in [3.8, 4) is 0 Å². The lowest BCUT2D eigenvalue weighted by atomic mass is 10.3. The van der Waals surface area contributed by atoms with Gasteiger partial charge >= 0.3 is 6.18 Å². The van der Waals surface area contributed by atoms with Gasteiger partial charge in [0.2, 0.25) is 0 Å². The van der Waals surface area contributed by atoms with Crippen molar-refractivity contribution in [3.63, 3.8) is 0 Å². The minimum absolute atomic E-state index is 0.155. The third-order valence-corrected chi connectivity index (χ3v) is 2.20. The van der Waals surface area contributed by atoms with Gasteiger partial charge in [0.15, 0.2) is 0 Å². The van der Waals surface area contributed by atoms with Gasteiger partial charge in [0, 0.05) is 12.7 Å². The molecule has 0 fully saturated rings. The first kappa shape index (κ1) is 14.7. The van der Waals surface area contributed by atoms with Crippen molar-refractivity contribution >= 4 is 17.5 Å². The van der Waals surface area contributed by atoms with Crippen LogP contribution in [0.4, 0.5) is 13.2 Å². The second-order valence-electron chi connectivity index (χ2n) is 3.43. The molecule has 8 heteroatoms. The summed E-state index contributed by atoms with van der Waals surface area (Å²) in [5, 5.41) is 8.94. The summed E-state index contributed by atoms with van der Waals surface area (Å²) in [6.07, 6.45) is -3.36. The van der Waals surface area contributed by atoms with Crippen LogP contribution in [0.3, 0.4) is 0 Å². The SMILES string of the molecule is O=C(c1ccc(Cl)cn1)N(CCO)CC(F)(F)F. The van der Waals surface area contributed by atoms with E-state index in [1.54, 1.807) is 0 Å². The van der Waals surface area contributed by atoms with E-state index in [1.807, 2.05) is 0 Å². The number of hydrogen-bond donors (Lipinski definition) is 1. The molecule has 1 heterocycles. The minimum atomic E-state index is -4.53. The highest BCUT2D eigenvalue weighted by Gasteiger charge is 2.33. The molecular formula is C10H10ClF3N2O2. The predicted molar refractivity (Wildman–Crippen MR) is 58.3 cm³/mol. The summed E-state index contributed by atoms with van der Waals surface area (Å²) in [6, 6.07) is 2.58. The van der Waals surface area contributed by atoms with Crippen molar-refractivity contribution in [3.05, 3.63) is 29.0 Å². The van der Waals surface area contributed by atoms with Gasteiger partial charge in [-0.15, -0.1) is 0 Å². The summed E-state index contributed by atoms with van der Waals surface area (Å²) in [4.78, 5) is 15.9. The van der Waals surface area contributed by atoms with Gasteiger partial charge in [0.25, 0.3) is 5.91 Å². The maximum Gasteiger partial charge on any atom is 0.406 e. The molecule has 1 amide bonds. The van der Waals surface area contributed by atoms with Crippen LogP contribution in [0.2, 0.25) is 5.02 Å². The van der Waals surface area contributed by atoms with Crippen molar-refractivity contribution < 1.29 is 23.1 Å². The first-order valence-electron chi connectivity index (χ1n) is 4.92. The Morgan fingerprint density at radius 1 is 1.44 bits per heavy atom. The smallest absolute Gasteiger partial charge is 0.395 e. The zero-order valence-corrected chi connectivity index (χ0v) is 9.87. The molecule has 0 bridgehead atoms. The fourth-order valence-corrected chi connectivity index (χ4v) is 1.37. The number of carbonyl (C=O) groups excluding carboxylic acids is 1. The number of aromatic nitrogens is 1. The van der Waals surface area contributed by atoms with Gasteiger partial charge in [0.1, 0.15) is 12.2 Å². The van der Waals surface area contributed by atoms with E-state index in [9.17, 15) is 18.0 Å². The van der Waals surface area contributed by atoms with E-state index in [0.717, 1.165) is 0 Å². The van der Waals surface area contributed by atoms with Crippen molar-refractivity contribution in [1.29, 1.82) is 0 Å². The Morgan fingerprint density at radius 2 is 2.11 bits per heavy atom. The summed E-state index contributed by atoms with van der Waals surface area (Å²) in [6.45, 7) is -2.41. The van der Waals surface area contributed by atoms with E-state index >= 15 is 0 Å². The molecule has 1 rings (SSSR count). The van der Waals surface area contributed by atoms with Crippen molar-refractivity contribution in [1.82, 2.24) is 9.88 Å². The Hall–Kier alpha value is -1.34. The molecule has 0 aromatic carbocycles. The largest absolute Gasteiger partial charge is 0.406 e. The minimum Gasteiger partial charge on any atom is -0.395 e. The lowest BCUT2D eigenvalue weighted by Gasteiger charge is -2.22. The molecule has 1 aromatic heterocycles. The summed E-state index contributed by atoms with van der Waals surface area (Å²) < 4.78 is 36.8. The number of amides is 1. The highest BCUT2D eigenvalue weighted by atomic mass is 35.5. The van der Waals surface area contributed by atoms with Crippen LogP contribution in [0.5, 0.6) is 0 Å². The van der Waals surface area contributed by atoms with Crippen molar-refractivity contribution in [2.45, 2.75) is 6.18 Å². The van der Waals surface area contributed by atoms with Gasteiger partial charge in [0.05, 0.1) is 11.6 Å². The average Bonchev–Trinajstić information content (AvgIpc) is 2.27. The monoisotopic (exact) mass is 282 g/mol. The zero-order valence-electron chi connectivity index (χ0n) is 9.12. The van der Waals surface area contributed by atoms with Crippen LogP contribution in [0.1, 0.15) is 10.5 Å². The molecule has 100 valence electrons. The van der Waals surface area contributed by atoms with Crippen molar-refractivity contribution in [2.75, 3.05) is 19.7 Å². The first-order chi connectivity index (χ1) is 8.33. The number of pyridine rings is 1. The first-order valence-corrected chi connectivity index (χ1v) is 5.30. The van der Waals surface area contributed by atoms with Crippen LogP contribution in [0, 0.1) is 0 Å². The number of hydrogen-bond acceptors (Lipinski definition) is 3. The summed E-state index contributed by atoms with van der Waals surface area (Å²) >= 11 is 5.56.